The molecular formula is C13H18ClN. The van der Waals surface area contributed by atoms with Crippen LogP contribution in [0.25, 0.3) is 0 Å². The molecule has 0 fully saturated rings. The molecule has 2 heteroatoms. The molecule has 0 atom stereocenters. The lowest BCUT2D eigenvalue weighted by Crippen LogP contribution is -2.19. The SMILES string of the molecule is C=CCN(C=C)CCc1ccccc1.Cl. The molecular weight excluding hydrogens is 206 g/mol. The van der Waals surface area contributed by atoms with E-state index in [9.17, 15) is 0 Å². The van der Waals surface area contributed by atoms with E-state index in [4.69, 9.17) is 0 Å². The lowest BCUT2D eigenvalue weighted by atomic mass is 10.1. The Bertz CT molecular complexity index is 282. The van der Waals surface area contributed by atoms with Gasteiger partial charge in [-0.25, -0.2) is 0 Å². The van der Waals surface area contributed by atoms with Crippen molar-refractivity contribution in [3.05, 3.63) is 61.3 Å². The van der Waals surface area contributed by atoms with Crippen LogP contribution in [0.1, 0.15) is 5.56 Å². The second kappa shape index (κ2) is 8.13. The number of nitrogens with zero attached hydrogens (tertiary/aromatic N) is 1. The van der Waals surface area contributed by atoms with Gasteiger partial charge in [-0.2, -0.15) is 0 Å². The van der Waals surface area contributed by atoms with Gasteiger partial charge in [-0.05, 0) is 18.2 Å². The van der Waals surface area contributed by atoms with Crippen molar-refractivity contribution in [2.45, 2.75) is 6.42 Å². The highest BCUT2D eigenvalue weighted by Gasteiger charge is 1.96. The molecule has 1 aromatic carbocycles. The Morgan fingerprint density at radius 3 is 2.33 bits per heavy atom. The van der Waals surface area contributed by atoms with Crippen LogP contribution in [-0.2, 0) is 6.42 Å². The highest BCUT2D eigenvalue weighted by molar-refractivity contribution is 5.85. The molecule has 15 heavy (non-hydrogen) atoms. The van der Waals surface area contributed by atoms with Crippen molar-refractivity contribution in [2.75, 3.05) is 13.1 Å². The van der Waals surface area contributed by atoms with Gasteiger partial charge in [0.2, 0.25) is 0 Å². The maximum absolute atomic E-state index is 3.77. The van der Waals surface area contributed by atoms with E-state index >= 15 is 0 Å². The van der Waals surface area contributed by atoms with E-state index in [1.54, 1.807) is 0 Å². The first kappa shape index (κ1) is 13.8. The van der Waals surface area contributed by atoms with Crippen molar-refractivity contribution in [1.29, 1.82) is 0 Å². The molecule has 82 valence electrons. The third-order valence-corrected chi connectivity index (χ3v) is 2.15. The van der Waals surface area contributed by atoms with Crippen molar-refractivity contribution in [3.63, 3.8) is 0 Å². The number of halogens is 1. The highest BCUT2D eigenvalue weighted by Crippen LogP contribution is 2.01. The van der Waals surface area contributed by atoms with Crippen LogP contribution in [0.5, 0.6) is 0 Å². The largest absolute Gasteiger partial charge is 0.374 e. The van der Waals surface area contributed by atoms with E-state index in [1.807, 2.05) is 18.3 Å². The van der Waals surface area contributed by atoms with E-state index < -0.39 is 0 Å². The zero-order valence-corrected chi connectivity index (χ0v) is 9.75. The van der Waals surface area contributed by atoms with Gasteiger partial charge in [-0.15, -0.1) is 19.0 Å². The molecule has 0 spiro atoms. The molecule has 0 heterocycles. The summed E-state index contributed by atoms with van der Waals surface area (Å²) in [5.41, 5.74) is 1.36. The molecule has 0 aliphatic heterocycles. The molecule has 0 N–H and O–H groups in total. The Morgan fingerprint density at radius 2 is 1.80 bits per heavy atom. The normalized spacial score (nSPS) is 8.80. The lowest BCUT2D eigenvalue weighted by Gasteiger charge is -2.17. The highest BCUT2D eigenvalue weighted by atomic mass is 35.5. The van der Waals surface area contributed by atoms with Gasteiger partial charge in [0.15, 0.2) is 0 Å². The van der Waals surface area contributed by atoms with Crippen LogP contribution < -0.4 is 0 Å². The summed E-state index contributed by atoms with van der Waals surface area (Å²) in [6.45, 7) is 9.35. The predicted molar refractivity (Wildman–Crippen MR) is 69.4 cm³/mol. The molecule has 0 amide bonds. The molecule has 0 saturated heterocycles. The molecule has 0 aliphatic carbocycles. The summed E-state index contributed by atoms with van der Waals surface area (Å²) in [6, 6.07) is 10.5. The Balaban J connectivity index is 0.00000196. The summed E-state index contributed by atoms with van der Waals surface area (Å²) < 4.78 is 0. The summed E-state index contributed by atoms with van der Waals surface area (Å²) in [4.78, 5) is 2.15. The van der Waals surface area contributed by atoms with Crippen LogP contribution in [-0.4, -0.2) is 18.0 Å². The smallest absolute Gasteiger partial charge is 0.0351 e. The van der Waals surface area contributed by atoms with Crippen LogP contribution in [0.15, 0.2) is 55.8 Å². The predicted octanol–water partition coefficient (Wildman–Crippen LogP) is 3.28. The average Bonchev–Trinajstić information content (AvgIpc) is 2.25. The monoisotopic (exact) mass is 223 g/mol. The van der Waals surface area contributed by atoms with Crippen LogP contribution >= 0.6 is 12.4 Å². The van der Waals surface area contributed by atoms with Gasteiger partial charge >= 0.3 is 0 Å². The molecule has 1 aromatic rings. The second-order valence-electron chi connectivity index (χ2n) is 3.20. The van der Waals surface area contributed by atoms with Crippen LogP contribution in [0.3, 0.4) is 0 Å². The minimum atomic E-state index is 0. The fourth-order valence-corrected chi connectivity index (χ4v) is 1.34. The summed E-state index contributed by atoms with van der Waals surface area (Å²) in [5.74, 6) is 0. The van der Waals surface area contributed by atoms with Gasteiger partial charge in [0.25, 0.3) is 0 Å². The van der Waals surface area contributed by atoms with Gasteiger partial charge < -0.3 is 4.90 Å². The zero-order valence-electron chi connectivity index (χ0n) is 8.93. The number of hydrogen-bond donors (Lipinski definition) is 0. The number of benzene rings is 1. The number of rotatable bonds is 6. The molecule has 0 unspecified atom stereocenters. The Kier molecular flexibility index (Phi) is 7.47. The summed E-state index contributed by atoms with van der Waals surface area (Å²) in [6.07, 6.45) is 4.82. The quantitative estimate of drug-likeness (QED) is 0.669. The van der Waals surface area contributed by atoms with E-state index in [0.717, 1.165) is 19.5 Å². The van der Waals surface area contributed by atoms with Crippen LogP contribution in [0.2, 0.25) is 0 Å². The third kappa shape index (κ3) is 5.28. The third-order valence-electron chi connectivity index (χ3n) is 2.15. The van der Waals surface area contributed by atoms with Gasteiger partial charge in [-0.3, -0.25) is 0 Å². The first-order chi connectivity index (χ1) is 6.86. The lowest BCUT2D eigenvalue weighted by molar-refractivity contribution is 0.421. The fourth-order valence-electron chi connectivity index (χ4n) is 1.34. The van der Waals surface area contributed by atoms with Crippen molar-refractivity contribution >= 4 is 12.4 Å². The van der Waals surface area contributed by atoms with Crippen molar-refractivity contribution in [1.82, 2.24) is 4.90 Å². The van der Waals surface area contributed by atoms with E-state index in [-0.39, 0.29) is 12.4 Å². The maximum Gasteiger partial charge on any atom is 0.0351 e. The van der Waals surface area contributed by atoms with E-state index in [0.29, 0.717) is 0 Å². The van der Waals surface area contributed by atoms with Crippen molar-refractivity contribution < 1.29 is 0 Å². The van der Waals surface area contributed by atoms with Gasteiger partial charge in [0.05, 0.1) is 0 Å². The van der Waals surface area contributed by atoms with Gasteiger partial charge in [0.1, 0.15) is 0 Å². The topological polar surface area (TPSA) is 3.24 Å². The molecule has 0 saturated carbocycles. The van der Waals surface area contributed by atoms with Crippen molar-refractivity contribution in [2.24, 2.45) is 0 Å². The maximum atomic E-state index is 3.77. The molecule has 0 aromatic heterocycles. The fraction of sp³-hybridized carbons (Fsp3) is 0.231. The van der Waals surface area contributed by atoms with Gasteiger partial charge in [-0.1, -0.05) is 43.0 Å². The van der Waals surface area contributed by atoms with Gasteiger partial charge in [0, 0.05) is 13.1 Å². The zero-order chi connectivity index (χ0) is 10.2. The Labute approximate surface area is 98.5 Å². The summed E-state index contributed by atoms with van der Waals surface area (Å²) >= 11 is 0. The summed E-state index contributed by atoms with van der Waals surface area (Å²) in [5, 5.41) is 0. The number of hydrogen-bond acceptors (Lipinski definition) is 1. The molecule has 0 aliphatic rings. The van der Waals surface area contributed by atoms with E-state index in [1.165, 1.54) is 5.56 Å². The molecule has 1 nitrogen and oxygen atoms in total. The second-order valence-corrected chi connectivity index (χ2v) is 3.20. The summed E-state index contributed by atoms with van der Waals surface area (Å²) in [7, 11) is 0. The van der Waals surface area contributed by atoms with Crippen molar-refractivity contribution in [3.8, 4) is 0 Å². The van der Waals surface area contributed by atoms with Crippen LogP contribution in [0, 0.1) is 0 Å². The van der Waals surface area contributed by atoms with Crippen LogP contribution in [0.4, 0.5) is 0 Å². The first-order valence-corrected chi connectivity index (χ1v) is 4.88. The Morgan fingerprint density at radius 1 is 1.13 bits per heavy atom. The minimum Gasteiger partial charge on any atom is -0.374 e. The molecule has 0 bridgehead atoms. The minimum absolute atomic E-state index is 0. The van der Waals surface area contributed by atoms with E-state index in [2.05, 4.69) is 42.3 Å². The first-order valence-electron chi connectivity index (χ1n) is 4.88. The standard InChI is InChI=1S/C13H17N.ClH/c1-3-11-14(4-2)12-10-13-8-6-5-7-9-13;/h3-9H,1-2,10-12H2;1H. The molecule has 1 rings (SSSR count). The Hall–Kier alpha value is -1.21. The average molecular weight is 224 g/mol. The molecule has 0 radical (unpaired) electrons.